The van der Waals surface area contributed by atoms with Crippen LogP contribution in [0.4, 0.5) is 0 Å². The van der Waals surface area contributed by atoms with Crippen molar-refractivity contribution >= 4 is 0 Å². The summed E-state index contributed by atoms with van der Waals surface area (Å²) in [7, 11) is 0. The van der Waals surface area contributed by atoms with E-state index in [1.807, 2.05) is 24.3 Å². The smallest absolute Gasteiger partial charge is 0.101 e. The molecule has 4 aromatic rings. The average Bonchev–Trinajstić information content (AvgIpc) is 3.09. The molecule has 0 aliphatic carbocycles. The lowest BCUT2D eigenvalue weighted by Crippen LogP contribution is -1.85. The second kappa shape index (κ2) is 6.17. The van der Waals surface area contributed by atoms with E-state index in [1.54, 1.807) is 0 Å². The Kier molecular flexibility index (Phi) is 3.72. The molecular weight excluding hydrogens is 292 g/mol. The van der Waals surface area contributed by atoms with Crippen LogP contribution in [0.3, 0.4) is 0 Å². The van der Waals surface area contributed by atoms with Gasteiger partial charge in [-0.2, -0.15) is 5.10 Å². The zero-order chi connectivity index (χ0) is 16.4. The number of aryl methyl sites for hydroxylation is 1. The normalized spacial score (nSPS) is 10.7. The monoisotopic (exact) mass is 310 g/mol. The lowest BCUT2D eigenvalue weighted by atomic mass is 9.96. The van der Waals surface area contributed by atoms with E-state index in [0.29, 0.717) is 0 Å². The highest BCUT2D eigenvalue weighted by molar-refractivity contribution is 5.91. The highest BCUT2D eigenvalue weighted by Gasteiger charge is 2.17. The number of aromatic nitrogens is 2. The molecule has 24 heavy (non-hydrogen) atoms. The standard InChI is InChI=1S/C22H18N2/c1-16-12-14-19(15-13-16)22-20(17-8-4-2-5-9-17)21(23-24-22)18-10-6-3-7-11-18/h2-15H,1H3,(H,23,24). The van der Waals surface area contributed by atoms with E-state index >= 15 is 0 Å². The van der Waals surface area contributed by atoms with Gasteiger partial charge in [-0.15, -0.1) is 0 Å². The molecule has 0 aliphatic rings. The molecule has 0 radical (unpaired) electrons. The van der Waals surface area contributed by atoms with Gasteiger partial charge in [0.2, 0.25) is 0 Å². The summed E-state index contributed by atoms with van der Waals surface area (Å²) < 4.78 is 0. The SMILES string of the molecule is Cc1ccc(-c2[nH]nc(-c3ccccc3)c2-c2ccccc2)cc1. The Morgan fingerprint density at radius 1 is 0.625 bits per heavy atom. The molecule has 1 heterocycles. The molecule has 0 saturated heterocycles. The number of rotatable bonds is 3. The van der Waals surface area contributed by atoms with Crippen molar-refractivity contribution in [3.8, 4) is 33.6 Å². The minimum atomic E-state index is 0.984. The van der Waals surface area contributed by atoms with Crippen LogP contribution in [0.5, 0.6) is 0 Å². The highest BCUT2D eigenvalue weighted by atomic mass is 15.1. The van der Waals surface area contributed by atoms with Gasteiger partial charge in [0.05, 0.1) is 5.69 Å². The van der Waals surface area contributed by atoms with Gasteiger partial charge in [-0.05, 0) is 12.5 Å². The third-order valence-corrected chi connectivity index (χ3v) is 4.22. The molecule has 0 atom stereocenters. The van der Waals surface area contributed by atoms with Crippen molar-refractivity contribution in [3.63, 3.8) is 0 Å². The van der Waals surface area contributed by atoms with E-state index in [9.17, 15) is 0 Å². The van der Waals surface area contributed by atoms with Gasteiger partial charge in [-0.25, -0.2) is 0 Å². The van der Waals surface area contributed by atoms with Crippen LogP contribution in [0.15, 0.2) is 84.9 Å². The van der Waals surface area contributed by atoms with Crippen molar-refractivity contribution in [2.24, 2.45) is 0 Å². The van der Waals surface area contributed by atoms with Crippen LogP contribution < -0.4 is 0 Å². The topological polar surface area (TPSA) is 28.7 Å². The number of hydrogen-bond donors (Lipinski definition) is 1. The number of nitrogens with one attached hydrogen (secondary N) is 1. The maximum Gasteiger partial charge on any atom is 0.101 e. The number of aromatic amines is 1. The van der Waals surface area contributed by atoms with Crippen LogP contribution in [-0.2, 0) is 0 Å². The zero-order valence-corrected chi connectivity index (χ0v) is 13.5. The molecule has 0 aliphatic heterocycles. The van der Waals surface area contributed by atoms with Crippen molar-refractivity contribution in [2.75, 3.05) is 0 Å². The number of hydrogen-bond acceptors (Lipinski definition) is 1. The molecule has 0 bridgehead atoms. The van der Waals surface area contributed by atoms with Gasteiger partial charge in [-0.1, -0.05) is 90.5 Å². The summed E-state index contributed by atoms with van der Waals surface area (Å²) in [5.41, 5.74) is 7.87. The van der Waals surface area contributed by atoms with Crippen LogP contribution in [0.25, 0.3) is 33.6 Å². The lowest BCUT2D eigenvalue weighted by molar-refractivity contribution is 1.10. The van der Waals surface area contributed by atoms with Gasteiger partial charge >= 0.3 is 0 Å². The van der Waals surface area contributed by atoms with Gasteiger partial charge in [0.25, 0.3) is 0 Å². The molecule has 2 nitrogen and oxygen atoms in total. The van der Waals surface area contributed by atoms with Crippen molar-refractivity contribution in [2.45, 2.75) is 6.92 Å². The van der Waals surface area contributed by atoms with E-state index < -0.39 is 0 Å². The Morgan fingerprint density at radius 2 is 1.21 bits per heavy atom. The molecule has 116 valence electrons. The Hall–Kier alpha value is -3.13. The average molecular weight is 310 g/mol. The predicted octanol–water partition coefficient (Wildman–Crippen LogP) is 5.72. The van der Waals surface area contributed by atoms with Gasteiger partial charge in [0, 0.05) is 16.7 Å². The molecule has 0 fully saturated rings. The van der Waals surface area contributed by atoms with Crippen LogP contribution in [0.1, 0.15) is 5.56 Å². The Morgan fingerprint density at radius 3 is 1.83 bits per heavy atom. The van der Waals surface area contributed by atoms with Crippen LogP contribution >= 0.6 is 0 Å². The third kappa shape index (κ3) is 2.63. The fraction of sp³-hybridized carbons (Fsp3) is 0.0455. The first-order valence-electron chi connectivity index (χ1n) is 8.09. The van der Waals surface area contributed by atoms with Gasteiger partial charge in [0.15, 0.2) is 0 Å². The first kappa shape index (κ1) is 14.5. The van der Waals surface area contributed by atoms with Crippen LogP contribution in [0.2, 0.25) is 0 Å². The second-order valence-electron chi connectivity index (χ2n) is 5.92. The Balaban J connectivity index is 1.95. The quantitative estimate of drug-likeness (QED) is 0.515. The van der Waals surface area contributed by atoms with Crippen molar-refractivity contribution < 1.29 is 0 Å². The Labute approximate surface area is 141 Å². The molecule has 0 spiro atoms. The van der Waals surface area contributed by atoms with Crippen LogP contribution in [-0.4, -0.2) is 10.2 Å². The first-order chi connectivity index (χ1) is 11.8. The molecular formula is C22H18N2. The number of nitrogens with zero attached hydrogens (tertiary/aromatic N) is 1. The van der Waals surface area contributed by atoms with Crippen molar-refractivity contribution in [3.05, 3.63) is 90.5 Å². The van der Waals surface area contributed by atoms with E-state index in [4.69, 9.17) is 0 Å². The van der Waals surface area contributed by atoms with E-state index in [1.165, 1.54) is 11.1 Å². The molecule has 2 heteroatoms. The molecule has 1 aromatic heterocycles. The fourth-order valence-corrected chi connectivity index (χ4v) is 2.96. The lowest BCUT2D eigenvalue weighted by Gasteiger charge is -2.07. The molecule has 3 aromatic carbocycles. The van der Waals surface area contributed by atoms with E-state index in [-0.39, 0.29) is 0 Å². The number of benzene rings is 3. The third-order valence-electron chi connectivity index (χ3n) is 4.22. The van der Waals surface area contributed by atoms with E-state index in [2.05, 4.69) is 77.8 Å². The van der Waals surface area contributed by atoms with Crippen LogP contribution in [0, 0.1) is 6.92 Å². The predicted molar refractivity (Wildman–Crippen MR) is 99.6 cm³/mol. The highest BCUT2D eigenvalue weighted by Crippen LogP contribution is 2.38. The fourth-order valence-electron chi connectivity index (χ4n) is 2.96. The molecule has 0 unspecified atom stereocenters. The molecule has 4 rings (SSSR count). The summed E-state index contributed by atoms with van der Waals surface area (Å²) in [4.78, 5) is 0. The largest absolute Gasteiger partial charge is 0.277 e. The first-order valence-corrected chi connectivity index (χ1v) is 8.09. The maximum atomic E-state index is 4.64. The maximum absolute atomic E-state index is 4.64. The number of H-pyrrole nitrogens is 1. The Bertz CT molecular complexity index is 936. The second-order valence-corrected chi connectivity index (χ2v) is 5.92. The van der Waals surface area contributed by atoms with Gasteiger partial charge in [0.1, 0.15) is 5.69 Å². The van der Waals surface area contributed by atoms with Gasteiger partial charge < -0.3 is 0 Å². The zero-order valence-electron chi connectivity index (χ0n) is 13.5. The summed E-state index contributed by atoms with van der Waals surface area (Å²) in [6, 6.07) is 29.3. The summed E-state index contributed by atoms with van der Waals surface area (Å²) in [5, 5.41) is 7.89. The molecule has 1 N–H and O–H groups in total. The minimum Gasteiger partial charge on any atom is -0.277 e. The van der Waals surface area contributed by atoms with Crippen molar-refractivity contribution in [1.29, 1.82) is 0 Å². The van der Waals surface area contributed by atoms with E-state index in [0.717, 1.165) is 28.1 Å². The summed E-state index contributed by atoms with van der Waals surface area (Å²) in [5.74, 6) is 0. The van der Waals surface area contributed by atoms with Crippen molar-refractivity contribution in [1.82, 2.24) is 10.2 Å². The summed E-state index contributed by atoms with van der Waals surface area (Å²) in [6.45, 7) is 2.10. The molecule has 0 amide bonds. The summed E-state index contributed by atoms with van der Waals surface area (Å²) in [6.07, 6.45) is 0. The summed E-state index contributed by atoms with van der Waals surface area (Å²) >= 11 is 0. The minimum absolute atomic E-state index is 0.984. The molecule has 0 saturated carbocycles. The van der Waals surface area contributed by atoms with Gasteiger partial charge in [-0.3, -0.25) is 5.10 Å².